The van der Waals surface area contributed by atoms with Gasteiger partial charge in [-0.3, -0.25) is 4.79 Å². The van der Waals surface area contributed by atoms with Gasteiger partial charge in [0.15, 0.2) is 0 Å². The minimum atomic E-state index is -0.880. The molecule has 0 saturated heterocycles. The number of nitrogen functional groups attached to an aromatic ring is 1. The van der Waals surface area contributed by atoms with Crippen molar-refractivity contribution < 1.29 is 14.6 Å². The van der Waals surface area contributed by atoms with Gasteiger partial charge in [-0.2, -0.15) is 0 Å². The molecule has 1 amide bonds. The fraction of sp³-hybridized carbons (Fsp3) is 0.250. The highest BCUT2D eigenvalue weighted by Gasteiger charge is 2.27. The summed E-state index contributed by atoms with van der Waals surface area (Å²) in [5, 5.41) is 13.6. The van der Waals surface area contributed by atoms with Crippen molar-refractivity contribution in [3.63, 3.8) is 0 Å². The van der Waals surface area contributed by atoms with Gasteiger partial charge in [0.05, 0.1) is 17.2 Å². The molecule has 3 heterocycles. The Kier molecular flexibility index (Phi) is 6.24. The smallest absolute Gasteiger partial charge is 0.244 e. The zero-order valence-corrected chi connectivity index (χ0v) is 19.3. The molecule has 4 rings (SSSR count). The molecule has 0 aliphatic carbocycles. The topological polar surface area (TPSA) is 97.5 Å². The van der Waals surface area contributed by atoms with Gasteiger partial charge in [-0.1, -0.05) is 11.6 Å². The van der Waals surface area contributed by atoms with E-state index in [0.717, 1.165) is 26.4 Å². The van der Waals surface area contributed by atoms with Crippen molar-refractivity contribution in [1.82, 2.24) is 10.3 Å². The molecule has 0 spiro atoms. The molecule has 1 aliphatic rings. The Balaban J connectivity index is 1.38. The van der Waals surface area contributed by atoms with Crippen LogP contribution in [0, 0.1) is 0 Å². The highest BCUT2D eigenvalue weighted by Crippen LogP contribution is 2.42. The molecule has 8 heteroatoms. The zero-order valence-electron chi connectivity index (χ0n) is 17.8. The molecule has 1 aromatic carbocycles. The molecule has 4 N–H and O–H groups in total. The van der Waals surface area contributed by atoms with Crippen LogP contribution < -0.4 is 15.8 Å². The Bertz CT molecular complexity index is 1170. The molecule has 0 fully saturated rings. The van der Waals surface area contributed by atoms with E-state index in [1.165, 1.54) is 6.08 Å². The number of hydrogen-bond donors (Lipinski definition) is 3. The van der Waals surface area contributed by atoms with Crippen LogP contribution >= 0.6 is 22.9 Å². The van der Waals surface area contributed by atoms with E-state index >= 15 is 0 Å². The van der Waals surface area contributed by atoms with Gasteiger partial charge in [0.25, 0.3) is 0 Å². The summed E-state index contributed by atoms with van der Waals surface area (Å²) in [6, 6.07) is 11.3. The molecule has 1 atom stereocenters. The number of anilines is 1. The number of amides is 1. The second-order valence-electron chi connectivity index (χ2n) is 8.21. The molecule has 1 unspecified atom stereocenters. The van der Waals surface area contributed by atoms with Crippen molar-refractivity contribution in [2.45, 2.75) is 32.0 Å². The van der Waals surface area contributed by atoms with Crippen LogP contribution in [0.15, 0.2) is 48.7 Å². The van der Waals surface area contributed by atoms with Gasteiger partial charge in [0, 0.05) is 34.0 Å². The first-order valence-electron chi connectivity index (χ1n) is 10.2. The number of nitrogens with two attached hydrogens (primary N) is 1. The Labute approximate surface area is 195 Å². The van der Waals surface area contributed by atoms with Crippen molar-refractivity contribution in [2.24, 2.45) is 0 Å². The number of halogens is 1. The van der Waals surface area contributed by atoms with Gasteiger partial charge >= 0.3 is 0 Å². The number of pyridine rings is 1. The molecular formula is C24H24ClN3O3S. The van der Waals surface area contributed by atoms with Crippen LogP contribution in [0.4, 0.5) is 5.82 Å². The number of aromatic nitrogens is 1. The molecule has 6 nitrogen and oxygen atoms in total. The van der Waals surface area contributed by atoms with Gasteiger partial charge in [0.2, 0.25) is 5.91 Å². The van der Waals surface area contributed by atoms with E-state index in [0.29, 0.717) is 29.6 Å². The number of nitrogens with one attached hydrogen (secondary N) is 1. The van der Waals surface area contributed by atoms with Gasteiger partial charge in [-0.05, 0) is 67.4 Å². The molecule has 166 valence electrons. The third-order valence-corrected chi connectivity index (χ3v) is 6.81. The van der Waals surface area contributed by atoms with E-state index in [4.69, 9.17) is 22.1 Å². The van der Waals surface area contributed by atoms with Crippen LogP contribution in [-0.2, 0) is 16.8 Å². The number of carbonyl (C=O) groups excluding carboxylic acids is 1. The van der Waals surface area contributed by atoms with Crippen molar-refractivity contribution in [3.05, 3.63) is 69.7 Å². The van der Waals surface area contributed by atoms with Crippen molar-refractivity contribution >= 4 is 40.7 Å². The van der Waals surface area contributed by atoms with Gasteiger partial charge in [-0.25, -0.2) is 4.98 Å². The van der Waals surface area contributed by atoms with E-state index in [9.17, 15) is 9.90 Å². The Morgan fingerprint density at radius 3 is 2.88 bits per heavy atom. The first kappa shape index (κ1) is 22.3. The number of benzene rings is 1. The predicted molar refractivity (Wildman–Crippen MR) is 129 cm³/mol. The van der Waals surface area contributed by atoms with E-state index in [2.05, 4.69) is 16.4 Å². The lowest BCUT2D eigenvalue weighted by molar-refractivity contribution is -0.116. The fourth-order valence-electron chi connectivity index (χ4n) is 3.43. The lowest BCUT2D eigenvalue weighted by atomic mass is 10.0. The number of nitrogens with zero attached hydrogens (tertiary/aromatic N) is 1. The summed E-state index contributed by atoms with van der Waals surface area (Å²) in [5.41, 5.74) is 7.47. The maximum atomic E-state index is 12.2. The Morgan fingerprint density at radius 2 is 2.19 bits per heavy atom. The average molecular weight is 470 g/mol. The summed E-state index contributed by atoms with van der Waals surface area (Å²) in [4.78, 5) is 18.1. The first-order valence-corrected chi connectivity index (χ1v) is 11.4. The quantitative estimate of drug-likeness (QED) is 0.465. The van der Waals surface area contributed by atoms with Crippen LogP contribution in [-0.4, -0.2) is 28.6 Å². The first-order chi connectivity index (χ1) is 15.2. The number of carbonyl (C=O) groups is 1. The van der Waals surface area contributed by atoms with Gasteiger partial charge in [0.1, 0.15) is 17.7 Å². The molecule has 0 bridgehead atoms. The third-order valence-electron chi connectivity index (χ3n) is 5.09. The van der Waals surface area contributed by atoms with Crippen molar-refractivity contribution in [2.75, 3.05) is 12.3 Å². The minimum absolute atomic E-state index is 0.191. The monoisotopic (exact) mass is 469 g/mol. The lowest BCUT2D eigenvalue weighted by Gasteiger charge is -2.14. The van der Waals surface area contributed by atoms with Crippen LogP contribution in [0.5, 0.6) is 5.75 Å². The third kappa shape index (κ3) is 5.12. The molecule has 0 radical (unpaired) electrons. The molecule has 0 saturated carbocycles. The van der Waals surface area contributed by atoms with Gasteiger partial charge < -0.3 is 20.9 Å². The number of rotatable bonds is 6. The normalized spacial score (nSPS) is 15.6. The summed E-state index contributed by atoms with van der Waals surface area (Å²) < 4.78 is 5.98. The Hall–Kier alpha value is -2.87. The van der Waals surface area contributed by atoms with E-state index < -0.39 is 5.60 Å². The summed E-state index contributed by atoms with van der Waals surface area (Å²) in [6.07, 6.45) is 5.20. The van der Waals surface area contributed by atoms with Crippen molar-refractivity contribution in [1.29, 1.82) is 0 Å². The number of thiophene rings is 1. The molecule has 3 aromatic rings. The largest absolute Gasteiger partial charge is 0.486 e. The van der Waals surface area contributed by atoms with Crippen LogP contribution in [0.1, 0.15) is 29.9 Å². The van der Waals surface area contributed by atoms with E-state index in [1.807, 2.05) is 18.2 Å². The standard InChI is InChI=1S/C24H24ClN3O3S/c1-24(2,30)20-6-5-19(32-20)15-9-16-10-17(31-23(16)18(25)11-15)13-28-22(29)8-4-14-3-7-21(26)27-12-14/h3-9,11-12,17,30H,10,13H2,1-2H3,(H2,26,27)(H,28,29). The summed E-state index contributed by atoms with van der Waals surface area (Å²) in [5.74, 6) is 0.881. The van der Waals surface area contributed by atoms with Crippen molar-refractivity contribution in [3.8, 4) is 16.2 Å². The van der Waals surface area contributed by atoms with Gasteiger partial charge in [-0.15, -0.1) is 11.3 Å². The molecule has 2 aromatic heterocycles. The highest BCUT2D eigenvalue weighted by molar-refractivity contribution is 7.15. The molecular weight excluding hydrogens is 446 g/mol. The maximum absolute atomic E-state index is 12.2. The number of hydrogen-bond acceptors (Lipinski definition) is 6. The summed E-state index contributed by atoms with van der Waals surface area (Å²) in [6.45, 7) is 3.91. The summed E-state index contributed by atoms with van der Waals surface area (Å²) in [7, 11) is 0. The van der Waals surface area contributed by atoms with E-state index in [1.54, 1.807) is 49.6 Å². The second kappa shape index (κ2) is 8.94. The fourth-order valence-corrected chi connectivity index (χ4v) is 4.70. The number of ether oxygens (including phenoxy) is 1. The molecule has 32 heavy (non-hydrogen) atoms. The van der Waals surface area contributed by atoms with Crippen LogP contribution in [0.25, 0.3) is 16.5 Å². The number of fused-ring (bicyclic) bond motifs is 1. The number of aliphatic hydroxyl groups is 1. The highest BCUT2D eigenvalue weighted by atomic mass is 35.5. The predicted octanol–water partition coefficient (Wildman–Crippen LogP) is 4.41. The second-order valence-corrected chi connectivity index (χ2v) is 9.70. The van der Waals surface area contributed by atoms with Crippen LogP contribution in [0.3, 0.4) is 0 Å². The maximum Gasteiger partial charge on any atom is 0.244 e. The SMILES string of the molecule is CC(C)(O)c1ccc(-c2cc(Cl)c3c(c2)CC(CNC(=O)C=Cc2ccc(N)nc2)O3)s1. The van der Waals surface area contributed by atoms with E-state index in [-0.39, 0.29) is 12.0 Å². The Morgan fingerprint density at radius 1 is 1.38 bits per heavy atom. The molecule has 1 aliphatic heterocycles. The minimum Gasteiger partial charge on any atom is -0.486 e. The summed E-state index contributed by atoms with van der Waals surface area (Å²) >= 11 is 8.04. The zero-order chi connectivity index (χ0) is 22.9. The average Bonchev–Trinajstić information content (AvgIpc) is 3.39. The van der Waals surface area contributed by atoms with Crippen LogP contribution in [0.2, 0.25) is 5.02 Å². The lowest BCUT2D eigenvalue weighted by Crippen LogP contribution is -2.33.